The molecule has 3 N–H and O–H groups in total. The normalized spacial score (nSPS) is 11.8. The number of anilines is 1. The molecule has 1 unspecified atom stereocenters. The number of carboxylic acid groups (broad SMARTS) is 1. The summed E-state index contributed by atoms with van der Waals surface area (Å²) in [5, 5.41) is 14.3. The van der Waals surface area contributed by atoms with Crippen molar-refractivity contribution in [1.82, 2.24) is 5.32 Å². The number of amides is 2. The first-order valence-electron chi connectivity index (χ1n) is 11.2. The van der Waals surface area contributed by atoms with Crippen LogP contribution in [0.3, 0.4) is 0 Å². The van der Waals surface area contributed by atoms with Crippen molar-refractivity contribution in [2.24, 2.45) is 0 Å². The SMILES string of the molecule is COC(=O)C(CCC(=O)O)NC(=O)C(C)(C)Oc1ccc(CC(=O)Nc2cc(C)cc(C)c2)cc1. The lowest BCUT2D eigenvalue weighted by atomic mass is 10.1. The maximum atomic E-state index is 12.7. The third kappa shape index (κ3) is 8.77. The maximum Gasteiger partial charge on any atom is 0.328 e. The Labute approximate surface area is 204 Å². The van der Waals surface area contributed by atoms with E-state index in [0.29, 0.717) is 5.75 Å². The smallest absolute Gasteiger partial charge is 0.328 e. The van der Waals surface area contributed by atoms with Crippen molar-refractivity contribution in [2.75, 3.05) is 12.4 Å². The van der Waals surface area contributed by atoms with Gasteiger partial charge in [-0.05, 0) is 75.1 Å². The van der Waals surface area contributed by atoms with Crippen LogP contribution in [0, 0.1) is 13.8 Å². The van der Waals surface area contributed by atoms with E-state index in [1.807, 2.05) is 32.0 Å². The number of carboxylic acids is 1. The van der Waals surface area contributed by atoms with Gasteiger partial charge in [0.05, 0.1) is 13.5 Å². The molecular weight excluding hydrogens is 452 g/mol. The predicted molar refractivity (Wildman–Crippen MR) is 130 cm³/mol. The molecule has 2 aromatic rings. The molecule has 0 fully saturated rings. The predicted octanol–water partition coefficient (Wildman–Crippen LogP) is 3.16. The lowest BCUT2D eigenvalue weighted by Gasteiger charge is -2.27. The quantitative estimate of drug-likeness (QED) is 0.418. The van der Waals surface area contributed by atoms with E-state index in [9.17, 15) is 19.2 Å². The van der Waals surface area contributed by atoms with Crippen LogP contribution in [0.25, 0.3) is 0 Å². The van der Waals surface area contributed by atoms with Gasteiger partial charge in [0.1, 0.15) is 11.8 Å². The number of carbonyl (C=O) groups is 4. The number of hydrogen-bond donors (Lipinski definition) is 3. The molecule has 0 radical (unpaired) electrons. The van der Waals surface area contributed by atoms with Gasteiger partial charge in [-0.25, -0.2) is 4.79 Å². The molecule has 2 rings (SSSR count). The first-order valence-corrected chi connectivity index (χ1v) is 11.2. The molecule has 188 valence electrons. The minimum atomic E-state index is -1.36. The van der Waals surface area contributed by atoms with Crippen LogP contribution in [0.2, 0.25) is 0 Å². The van der Waals surface area contributed by atoms with E-state index < -0.39 is 29.5 Å². The number of aryl methyl sites for hydroxylation is 2. The van der Waals surface area contributed by atoms with Gasteiger partial charge in [-0.15, -0.1) is 0 Å². The highest BCUT2D eigenvalue weighted by atomic mass is 16.5. The molecule has 35 heavy (non-hydrogen) atoms. The molecule has 0 spiro atoms. The van der Waals surface area contributed by atoms with E-state index in [1.165, 1.54) is 13.8 Å². The van der Waals surface area contributed by atoms with Crippen molar-refractivity contribution in [3.63, 3.8) is 0 Å². The molecule has 0 bridgehead atoms. The van der Waals surface area contributed by atoms with Gasteiger partial charge in [-0.1, -0.05) is 18.2 Å². The topological polar surface area (TPSA) is 131 Å². The average Bonchev–Trinajstić information content (AvgIpc) is 2.76. The zero-order chi connectivity index (χ0) is 26.2. The minimum Gasteiger partial charge on any atom is -0.481 e. The lowest BCUT2D eigenvalue weighted by molar-refractivity contribution is -0.148. The summed E-state index contributed by atoms with van der Waals surface area (Å²) < 4.78 is 10.5. The number of aliphatic carboxylic acids is 1. The summed E-state index contributed by atoms with van der Waals surface area (Å²) in [7, 11) is 1.16. The van der Waals surface area contributed by atoms with Crippen molar-refractivity contribution in [3.05, 3.63) is 59.2 Å². The second-order valence-electron chi connectivity index (χ2n) is 8.84. The fraction of sp³-hybridized carbons (Fsp3) is 0.385. The largest absolute Gasteiger partial charge is 0.481 e. The molecule has 1 atom stereocenters. The van der Waals surface area contributed by atoms with Crippen LogP contribution in [0.1, 0.15) is 43.4 Å². The Morgan fingerprint density at radius 3 is 2.14 bits per heavy atom. The number of carbonyl (C=O) groups excluding carboxylic acids is 3. The Bertz CT molecular complexity index is 1060. The van der Waals surface area contributed by atoms with Crippen LogP contribution in [0.15, 0.2) is 42.5 Å². The summed E-state index contributed by atoms with van der Waals surface area (Å²) in [6.07, 6.45) is -0.246. The Balaban J connectivity index is 1.98. The van der Waals surface area contributed by atoms with Crippen LogP contribution in [0.5, 0.6) is 5.75 Å². The molecule has 0 aliphatic heterocycles. The standard InChI is InChI=1S/C26H32N2O7/c1-16-12-17(2)14-19(13-16)27-22(29)15-18-6-8-20(9-7-18)35-26(3,4)25(33)28-21(24(32)34-5)10-11-23(30)31/h6-9,12-14,21H,10-11,15H2,1-5H3,(H,27,29)(H,28,33)(H,30,31). The van der Waals surface area contributed by atoms with E-state index in [2.05, 4.69) is 15.4 Å². The third-order valence-electron chi connectivity index (χ3n) is 5.15. The molecule has 0 heterocycles. The zero-order valence-corrected chi connectivity index (χ0v) is 20.6. The van der Waals surface area contributed by atoms with Crippen molar-refractivity contribution in [1.29, 1.82) is 0 Å². The Morgan fingerprint density at radius 1 is 1.00 bits per heavy atom. The number of nitrogens with one attached hydrogen (secondary N) is 2. The van der Waals surface area contributed by atoms with Crippen LogP contribution in [-0.2, 0) is 30.3 Å². The highest BCUT2D eigenvalue weighted by Crippen LogP contribution is 2.21. The van der Waals surface area contributed by atoms with Gasteiger partial charge < -0.3 is 25.2 Å². The monoisotopic (exact) mass is 484 g/mol. The second-order valence-corrected chi connectivity index (χ2v) is 8.84. The average molecular weight is 485 g/mol. The van der Waals surface area contributed by atoms with E-state index >= 15 is 0 Å². The van der Waals surface area contributed by atoms with Crippen molar-refractivity contribution < 1.29 is 33.8 Å². The van der Waals surface area contributed by atoms with Gasteiger partial charge in [0.25, 0.3) is 5.91 Å². The summed E-state index contributed by atoms with van der Waals surface area (Å²) in [5.41, 5.74) is 2.27. The zero-order valence-electron chi connectivity index (χ0n) is 20.6. The summed E-state index contributed by atoms with van der Waals surface area (Å²) in [5.74, 6) is -2.19. The molecule has 2 amide bonds. The highest BCUT2D eigenvalue weighted by molar-refractivity contribution is 5.92. The van der Waals surface area contributed by atoms with Crippen molar-refractivity contribution in [3.8, 4) is 5.75 Å². The molecule has 0 aliphatic carbocycles. The fourth-order valence-corrected chi connectivity index (χ4v) is 3.44. The summed E-state index contributed by atoms with van der Waals surface area (Å²) in [6.45, 7) is 6.99. The summed E-state index contributed by atoms with van der Waals surface area (Å²) in [6, 6.07) is 11.5. The molecule has 9 heteroatoms. The Morgan fingerprint density at radius 2 is 1.60 bits per heavy atom. The summed E-state index contributed by atoms with van der Waals surface area (Å²) >= 11 is 0. The van der Waals surface area contributed by atoms with Gasteiger partial charge in [0.15, 0.2) is 5.60 Å². The molecular formula is C26H32N2O7. The van der Waals surface area contributed by atoms with Gasteiger partial charge >= 0.3 is 11.9 Å². The van der Waals surface area contributed by atoms with E-state index in [0.717, 1.165) is 29.5 Å². The highest BCUT2D eigenvalue weighted by Gasteiger charge is 2.34. The van der Waals surface area contributed by atoms with Gasteiger partial charge in [-0.3, -0.25) is 14.4 Å². The van der Waals surface area contributed by atoms with Crippen LogP contribution >= 0.6 is 0 Å². The Kier molecular flexibility index (Phi) is 9.39. The first kappa shape index (κ1) is 27.4. The molecule has 0 saturated heterocycles. The van der Waals surface area contributed by atoms with Gasteiger partial charge in [-0.2, -0.15) is 0 Å². The molecule has 0 aliphatic rings. The molecule has 0 aromatic heterocycles. The van der Waals surface area contributed by atoms with Crippen molar-refractivity contribution >= 4 is 29.4 Å². The number of hydrogen-bond acceptors (Lipinski definition) is 6. The number of rotatable bonds is 11. The Hall–Kier alpha value is -3.88. The minimum absolute atomic E-state index is 0.108. The van der Waals surface area contributed by atoms with Crippen LogP contribution < -0.4 is 15.4 Å². The van der Waals surface area contributed by atoms with Crippen molar-refractivity contribution in [2.45, 2.75) is 58.6 Å². The maximum absolute atomic E-state index is 12.7. The second kappa shape index (κ2) is 12.0. The van der Waals surface area contributed by atoms with Crippen LogP contribution in [0.4, 0.5) is 5.69 Å². The number of ether oxygens (including phenoxy) is 2. The molecule has 9 nitrogen and oxygen atoms in total. The van der Waals surface area contributed by atoms with Crippen LogP contribution in [-0.4, -0.2) is 47.6 Å². The summed E-state index contributed by atoms with van der Waals surface area (Å²) in [4.78, 5) is 47.9. The number of methoxy groups -OCH3 is 1. The van der Waals surface area contributed by atoms with Gasteiger partial charge in [0.2, 0.25) is 5.91 Å². The first-order chi connectivity index (χ1) is 16.4. The molecule has 2 aromatic carbocycles. The number of esters is 1. The number of benzene rings is 2. The van der Waals surface area contributed by atoms with E-state index in [1.54, 1.807) is 24.3 Å². The van der Waals surface area contributed by atoms with E-state index in [4.69, 9.17) is 9.84 Å². The lowest BCUT2D eigenvalue weighted by Crippen LogP contribution is -2.52. The van der Waals surface area contributed by atoms with Gasteiger partial charge in [0, 0.05) is 12.1 Å². The molecule has 0 saturated carbocycles. The van der Waals surface area contributed by atoms with E-state index in [-0.39, 0.29) is 25.2 Å². The fourth-order valence-electron chi connectivity index (χ4n) is 3.44. The third-order valence-corrected chi connectivity index (χ3v) is 5.15.